The highest BCUT2D eigenvalue weighted by Gasteiger charge is 2.24. The number of fused-ring (bicyclic) bond motifs is 1. The van der Waals surface area contributed by atoms with Crippen LogP contribution < -0.4 is 9.64 Å². The Kier molecular flexibility index (Phi) is 4.96. The molecule has 3 rings (SSSR count). The van der Waals surface area contributed by atoms with Crippen molar-refractivity contribution in [2.45, 2.75) is 19.4 Å². The maximum Gasteiger partial charge on any atom is 0.119 e. The lowest BCUT2D eigenvalue weighted by Gasteiger charge is -2.24. The number of hydrogen-bond donors (Lipinski definition) is 0. The van der Waals surface area contributed by atoms with E-state index in [9.17, 15) is 0 Å². The lowest BCUT2D eigenvalue weighted by Crippen LogP contribution is -2.32. The van der Waals surface area contributed by atoms with Gasteiger partial charge < -0.3 is 14.4 Å². The van der Waals surface area contributed by atoms with Gasteiger partial charge in [0.1, 0.15) is 12.4 Å². The van der Waals surface area contributed by atoms with Crippen LogP contribution in [0.25, 0.3) is 0 Å². The first kappa shape index (κ1) is 14.9. The molecule has 116 valence electrons. The highest BCUT2D eigenvalue weighted by Crippen LogP contribution is 2.31. The third-order valence-corrected chi connectivity index (χ3v) is 4.06. The van der Waals surface area contributed by atoms with E-state index in [1.807, 2.05) is 30.3 Å². The van der Waals surface area contributed by atoms with Crippen LogP contribution in [0.4, 0.5) is 5.69 Å². The summed E-state index contributed by atoms with van der Waals surface area (Å²) >= 11 is 0. The van der Waals surface area contributed by atoms with Crippen molar-refractivity contribution in [2.24, 2.45) is 0 Å². The Morgan fingerprint density at radius 2 is 1.73 bits per heavy atom. The van der Waals surface area contributed by atoms with Gasteiger partial charge in [-0.05, 0) is 37.1 Å². The molecule has 0 aromatic heterocycles. The molecule has 0 aliphatic carbocycles. The van der Waals surface area contributed by atoms with Crippen LogP contribution in [0.15, 0.2) is 54.6 Å². The molecule has 22 heavy (non-hydrogen) atoms. The highest BCUT2D eigenvalue weighted by molar-refractivity contribution is 5.59. The van der Waals surface area contributed by atoms with Crippen molar-refractivity contribution in [3.05, 3.63) is 60.2 Å². The molecule has 0 saturated carbocycles. The van der Waals surface area contributed by atoms with Crippen LogP contribution >= 0.6 is 0 Å². The van der Waals surface area contributed by atoms with Gasteiger partial charge in [-0.1, -0.05) is 36.4 Å². The number of nitrogens with zero attached hydrogens (tertiary/aromatic N) is 1. The predicted molar refractivity (Wildman–Crippen MR) is 89.7 cm³/mol. The zero-order valence-corrected chi connectivity index (χ0v) is 13.1. The topological polar surface area (TPSA) is 21.7 Å². The van der Waals surface area contributed by atoms with Crippen LogP contribution in [0.3, 0.4) is 0 Å². The van der Waals surface area contributed by atoms with Crippen molar-refractivity contribution in [1.82, 2.24) is 0 Å². The molecule has 0 spiro atoms. The van der Waals surface area contributed by atoms with Crippen LogP contribution in [0.2, 0.25) is 0 Å². The van der Waals surface area contributed by atoms with Crippen LogP contribution in [0, 0.1) is 0 Å². The number of ether oxygens (including phenoxy) is 2. The first-order valence-electron chi connectivity index (χ1n) is 7.95. The molecule has 0 saturated heterocycles. The summed E-state index contributed by atoms with van der Waals surface area (Å²) in [4.78, 5) is 2.44. The van der Waals surface area contributed by atoms with Gasteiger partial charge in [-0.2, -0.15) is 0 Å². The van der Waals surface area contributed by atoms with E-state index in [4.69, 9.17) is 9.47 Å². The molecule has 0 fully saturated rings. The van der Waals surface area contributed by atoms with Gasteiger partial charge in [0.25, 0.3) is 0 Å². The highest BCUT2D eigenvalue weighted by atomic mass is 16.5. The largest absolute Gasteiger partial charge is 0.491 e. The van der Waals surface area contributed by atoms with E-state index in [1.165, 1.54) is 11.3 Å². The fraction of sp³-hybridized carbons (Fsp3) is 0.368. The van der Waals surface area contributed by atoms with Gasteiger partial charge in [0.2, 0.25) is 0 Å². The van der Waals surface area contributed by atoms with Gasteiger partial charge in [0.05, 0.1) is 13.2 Å². The number of anilines is 1. The summed E-state index contributed by atoms with van der Waals surface area (Å²) in [7, 11) is 0. The summed E-state index contributed by atoms with van der Waals surface area (Å²) in [6, 6.07) is 19.1. The van der Waals surface area contributed by atoms with Crippen LogP contribution in [0.1, 0.15) is 12.5 Å². The van der Waals surface area contributed by atoms with Crippen molar-refractivity contribution in [3.8, 4) is 5.75 Å². The molecule has 0 N–H and O–H groups in total. The standard InChI is InChI=1S/C19H23NO2/c1-16-15-17-7-5-6-10-19(17)20(16)11-12-21-13-14-22-18-8-3-2-4-9-18/h2-10,16H,11-15H2,1H3. The zero-order chi connectivity index (χ0) is 15.2. The maximum absolute atomic E-state index is 5.71. The zero-order valence-electron chi connectivity index (χ0n) is 13.1. The maximum atomic E-state index is 5.71. The fourth-order valence-corrected chi connectivity index (χ4v) is 2.97. The summed E-state index contributed by atoms with van der Waals surface area (Å²) in [6.07, 6.45) is 1.13. The smallest absolute Gasteiger partial charge is 0.119 e. The molecule has 1 aliphatic rings. The molecular formula is C19H23NO2. The normalized spacial score (nSPS) is 16.6. The van der Waals surface area contributed by atoms with Gasteiger partial charge in [0.15, 0.2) is 0 Å². The van der Waals surface area contributed by atoms with E-state index in [-0.39, 0.29) is 0 Å². The van der Waals surface area contributed by atoms with Gasteiger partial charge in [0, 0.05) is 18.3 Å². The predicted octanol–water partition coefficient (Wildman–Crippen LogP) is 3.53. The molecule has 3 nitrogen and oxygen atoms in total. The molecule has 1 atom stereocenters. The van der Waals surface area contributed by atoms with E-state index < -0.39 is 0 Å². The Balaban J connectivity index is 1.37. The first-order valence-corrected chi connectivity index (χ1v) is 7.95. The van der Waals surface area contributed by atoms with E-state index in [2.05, 4.69) is 36.1 Å². The third-order valence-electron chi connectivity index (χ3n) is 4.06. The monoisotopic (exact) mass is 297 g/mol. The summed E-state index contributed by atoms with van der Waals surface area (Å²) in [5, 5.41) is 0. The molecule has 2 aromatic rings. The third kappa shape index (κ3) is 3.60. The van der Waals surface area contributed by atoms with Crippen molar-refractivity contribution >= 4 is 5.69 Å². The molecule has 1 aliphatic heterocycles. The number of para-hydroxylation sites is 2. The minimum atomic E-state index is 0.557. The molecule has 0 radical (unpaired) electrons. The second-order valence-electron chi connectivity index (χ2n) is 5.65. The van der Waals surface area contributed by atoms with Gasteiger partial charge in [-0.3, -0.25) is 0 Å². The second kappa shape index (κ2) is 7.32. The molecule has 0 amide bonds. The van der Waals surface area contributed by atoms with E-state index in [0.29, 0.717) is 19.3 Å². The van der Waals surface area contributed by atoms with Crippen molar-refractivity contribution in [2.75, 3.05) is 31.3 Å². The van der Waals surface area contributed by atoms with Crippen molar-refractivity contribution in [3.63, 3.8) is 0 Å². The minimum Gasteiger partial charge on any atom is -0.491 e. The number of hydrogen-bond acceptors (Lipinski definition) is 3. The summed E-state index contributed by atoms with van der Waals surface area (Å²) in [6.45, 7) is 5.16. The Morgan fingerprint density at radius 3 is 2.59 bits per heavy atom. The first-order chi connectivity index (χ1) is 10.8. The van der Waals surface area contributed by atoms with Crippen LogP contribution in [-0.4, -0.2) is 32.4 Å². The van der Waals surface area contributed by atoms with Gasteiger partial charge in [-0.15, -0.1) is 0 Å². The number of rotatable bonds is 7. The SMILES string of the molecule is CC1Cc2ccccc2N1CCOCCOc1ccccc1. The molecular weight excluding hydrogens is 274 g/mol. The lowest BCUT2D eigenvalue weighted by atomic mass is 10.1. The van der Waals surface area contributed by atoms with E-state index in [0.717, 1.165) is 25.3 Å². The average molecular weight is 297 g/mol. The summed E-state index contributed by atoms with van der Waals surface area (Å²) < 4.78 is 11.3. The molecule has 1 heterocycles. The Bertz CT molecular complexity index is 585. The molecule has 2 aromatic carbocycles. The summed E-state index contributed by atoms with van der Waals surface area (Å²) in [5.41, 5.74) is 2.81. The second-order valence-corrected chi connectivity index (χ2v) is 5.65. The Morgan fingerprint density at radius 1 is 0.955 bits per heavy atom. The molecule has 3 heteroatoms. The Hall–Kier alpha value is -2.00. The van der Waals surface area contributed by atoms with Crippen LogP contribution in [0.5, 0.6) is 5.75 Å². The van der Waals surface area contributed by atoms with Gasteiger partial charge in [-0.25, -0.2) is 0 Å². The van der Waals surface area contributed by atoms with Crippen molar-refractivity contribution < 1.29 is 9.47 Å². The quantitative estimate of drug-likeness (QED) is 0.730. The van der Waals surface area contributed by atoms with Gasteiger partial charge >= 0.3 is 0 Å². The van der Waals surface area contributed by atoms with E-state index in [1.54, 1.807) is 0 Å². The number of benzene rings is 2. The van der Waals surface area contributed by atoms with E-state index >= 15 is 0 Å². The van der Waals surface area contributed by atoms with Crippen molar-refractivity contribution in [1.29, 1.82) is 0 Å². The lowest BCUT2D eigenvalue weighted by molar-refractivity contribution is 0.104. The minimum absolute atomic E-state index is 0.557. The van der Waals surface area contributed by atoms with Crippen LogP contribution in [-0.2, 0) is 11.2 Å². The fourth-order valence-electron chi connectivity index (χ4n) is 2.97. The molecule has 0 bridgehead atoms. The summed E-state index contributed by atoms with van der Waals surface area (Å²) in [5.74, 6) is 0.896. The average Bonchev–Trinajstić information content (AvgIpc) is 2.87. The Labute approximate surface area is 132 Å². The molecule has 1 unspecified atom stereocenters.